The number of anilines is 1. The summed E-state index contributed by atoms with van der Waals surface area (Å²) in [5, 5.41) is 8.77. The fourth-order valence-corrected chi connectivity index (χ4v) is 3.35. The van der Waals surface area contributed by atoms with Gasteiger partial charge in [0.05, 0.1) is 0 Å². The summed E-state index contributed by atoms with van der Waals surface area (Å²) >= 11 is 0. The minimum absolute atomic E-state index is 0.241. The van der Waals surface area contributed by atoms with Crippen LogP contribution in [0.4, 0.5) is 5.82 Å². The van der Waals surface area contributed by atoms with Crippen molar-refractivity contribution in [2.45, 2.75) is 40.2 Å². The fourth-order valence-electron chi connectivity index (χ4n) is 3.35. The molecule has 1 saturated heterocycles. The summed E-state index contributed by atoms with van der Waals surface area (Å²) in [5.41, 5.74) is 1.24. The predicted molar refractivity (Wildman–Crippen MR) is 99.1 cm³/mol. The molecule has 1 aliphatic heterocycles. The van der Waals surface area contributed by atoms with Crippen molar-refractivity contribution in [2.24, 2.45) is 5.92 Å². The van der Waals surface area contributed by atoms with Crippen LogP contribution in [0.1, 0.15) is 35.7 Å². The van der Waals surface area contributed by atoms with Gasteiger partial charge in [-0.1, -0.05) is 5.16 Å². The van der Waals surface area contributed by atoms with Gasteiger partial charge in [-0.3, -0.25) is 19.8 Å². The molecule has 1 aliphatic rings. The van der Waals surface area contributed by atoms with Gasteiger partial charge in [0.1, 0.15) is 17.3 Å². The summed E-state index contributed by atoms with van der Waals surface area (Å²) in [7, 11) is 0. The van der Waals surface area contributed by atoms with Gasteiger partial charge in [-0.15, -0.1) is 0 Å². The number of furan rings is 1. The van der Waals surface area contributed by atoms with Crippen LogP contribution in [0.15, 0.2) is 21.1 Å². The molecule has 0 radical (unpaired) electrons. The third kappa shape index (κ3) is 5.19. The van der Waals surface area contributed by atoms with E-state index in [0.717, 1.165) is 44.0 Å². The van der Waals surface area contributed by atoms with Gasteiger partial charge in [-0.05, 0) is 58.7 Å². The van der Waals surface area contributed by atoms with Crippen molar-refractivity contribution in [3.63, 3.8) is 0 Å². The van der Waals surface area contributed by atoms with E-state index in [1.807, 2.05) is 13.8 Å². The van der Waals surface area contributed by atoms with Gasteiger partial charge in [0, 0.05) is 24.7 Å². The zero-order valence-corrected chi connectivity index (χ0v) is 16.0. The Bertz CT molecular complexity index is 802. The fraction of sp³-hybridized carbons (Fsp3) is 0.526. The Morgan fingerprint density at radius 2 is 1.89 bits per heavy atom. The van der Waals surface area contributed by atoms with Gasteiger partial charge in [-0.25, -0.2) is 0 Å². The average molecular weight is 374 g/mol. The number of nitrogens with zero attached hydrogens (tertiary/aromatic N) is 2. The van der Waals surface area contributed by atoms with Crippen molar-refractivity contribution in [3.8, 4) is 0 Å². The van der Waals surface area contributed by atoms with E-state index >= 15 is 0 Å². The SMILES string of the molecule is Cc1cc(NC(=O)C(=O)NCC2CCN(Cc3cc(C)oc3C)CC2)no1. The molecule has 3 heterocycles. The first-order valence-corrected chi connectivity index (χ1v) is 9.21. The Hall–Kier alpha value is -2.61. The Kier molecular flexibility index (Phi) is 5.95. The second kappa shape index (κ2) is 8.39. The lowest BCUT2D eigenvalue weighted by atomic mass is 9.96. The van der Waals surface area contributed by atoms with Crippen molar-refractivity contribution >= 4 is 17.6 Å². The third-order valence-corrected chi connectivity index (χ3v) is 4.87. The van der Waals surface area contributed by atoms with Gasteiger partial charge in [0.25, 0.3) is 0 Å². The van der Waals surface area contributed by atoms with Crippen LogP contribution in [0.25, 0.3) is 0 Å². The standard InChI is InChI=1S/C19H26N4O4/c1-12-8-16(14(3)26-12)11-23-6-4-15(5-7-23)10-20-18(24)19(25)21-17-9-13(2)27-22-17/h8-9,15H,4-7,10-11H2,1-3H3,(H,20,24)(H,21,22,25). The molecule has 2 aromatic rings. The largest absolute Gasteiger partial charge is 0.466 e. The van der Waals surface area contributed by atoms with E-state index < -0.39 is 11.8 Å². The number of hydrogen-bond acceptors (Lipinski definition) is 6. The number of hydrogen-bond donors (Lipinski definition) is 2. The number of amides is 2. The summed E-state index contributed by atoms with van der Waals surface area (Å²) in [4.78, 5) is 26.2. The Morgan fingerprint density at radius 3 is 2.48 bits per heavy atom. The van der Waals surface area contributed by atoms with Crippen molar-refractivity contribution in [1.29, 1.82) is 0 Å². The number of nitrogens with one attached hydrogen (secondary N) is 2. The quantitative estimate of drug-likeness (QED) is 0.778. The molecular formula is C19H26N4O4. The highest BCUT2D eigenvalue weighted by atomic mass is 16.5. The normalized spacial score (nSPS) is 15.7. The summed E-state index contributed by atoms with van der Waals surface area (Å²) in [5.74, 6) is 1.73. The molecule has 146 valence electrons. The van der Waals surface area contributed by atoms with E-state index in [1.165, 1.54) is 5.56 Å². The molecule has 2 aromatic heterocycles. The predicted octanol–water partition coefficient (Wildman–Crippen LogP) is 2.16. The molecule has 0 saturated carbocycles. The molecule has 0 atom stereocenters. The summed E-state index contributed by atoms with van der Waals surface area (Å²) in [6, 6.07) is 3.65. The summed E-state index contributed by atoms with van der Waals surface area (Å²) in [6.45, 7) is 9.00. The first kappa shape index (κ1) is 19.2. The van der Waals surface area contributed by atoms with Crippen LogP contribution >= 0.6 is 0 Å². The number of carbonyl (C=O) groups excluding carboxylic acids is 2. The van der Waals surface area contributed by atoms with E-state index in [-0.39, 0.29) is 5.82 Å². The molecule has 0 bridgehead atoms. The summed E-state index contributed by atoms with van der Waals surface area (Å²) < 4.78 is 10.4. The monoisotopic (exact) mass is 374 g/mol. The number of aromatic nitrogens is 1. The van der Waals surface area contributed by atoms with Gasteiger partial charge in [0.2, 0.25) is 0 Å². The van der Waals surface area contributed by atoms with Crippen LogP contribution in [0.2, 0.25) is 0 Å². The number of piperidine rings is 1. The topological polar surface area (TPSA) is 101 Å². The van der Waals surface area contributed by atoms with Crippen molar-refractivity contribution in [2.75, 3.05) is 25.0 Å². The van der Waals surface area contributed by atoms with Crippen molar-refractivity contribution < 1.29 is 18.5 Å². The Morgan fingerprint density at radius 1 is 1.15 bits per heavy atom. The lowest BCUT2D eigenvalue weighted by Crippen LogP contribution is -2.41. The molecule has 0 aliphatic carbocycles. The maximum Gasteiger partial charge on any atom is 0.314 e. The van der Waals surface area contributed by atoms with E-state index in [0.29, 0.717) is 18.2 Å². The molecule has 8 nitrogen and oxygen atoms in total. The summed E-state index contributed by atoms with van der Waals surface area (Å²) in [6.07, 6.45) is 1.97. The molecule has 8 heteroatoms. The molecule has 0 unspecified atom stereocenters. The van der Waals surface area contributed by atoms with Gasteiger partial charge < -0.3 is 14.3 Å². The highest BCUT2D eigenvalue weighted by Gasteiger charge is 2.22. The maximum absolute atomic E-state index is 11.9. The minimum Gasteiger partial charge on any atom is -0.466 e. The van der Waals surface area contributed by atoms with Crippen LogP contribution in [0, 0.1) is 26.7 Å². The van der Waals surface area contributed by atoms with Crippen LogP contribution in [0.3, 0.4) is 0 Å². The van der Waals surface area contributed by atoms with Crippen LogP contribution < -0.4 is 10.6 Å². The molecule has 3 rings (SSSR count). The van der Waals surface area contributed by atoms with E-state index in [1.54, 1.807) is 13.0 Å². The van der Waals surface area contributed by atoms with Crippen molar-refractivity contribution in [3.05, 3.63) is 35.0 Å². The number of carbonyl (C=O) groups is 2. The number of likely N-dealkylation sites (tertiary alicyclic amines) is 1. The minimum atomic E-state index is -0.730. The van der Waals surface area contributed by atoms with Crippen LogP contribution in [-0.4, -0.2) is 41.5 Å². The molecule has 2 amide bonds. The van der Waals surface area contributed by atoms with E-state index in [4.69, 9.17) is 8.94 Å². The zero-order valence-electron chi connectivity index (χ0n) is 16.0. The second-order valence-electron chi connectivity index (χ2n) is 7.14. The number of aryl methyl sites for hydroxylation is 3. The van der Waals surface area contributed by atoms with Crippen molar-refractivity contribution in [1.82, 2.24) is 15.4 Å². The maximum atomic E-state index is 11.9. The van der Waals surface area contributed by atoms with Gasteiger partial charge in [-0.2, -0.15) is 0 Å². The molecule has 0 aromatic carbocycles. The Balaban J connectivity index is 1.38. The zero-order chi connectivity index (χ0) is 19.4. The Labute approximate surface area is 158 Å². The van der Waals surface area contributed by atoms with E-state index in [2.05, 4.69) is 26.8 Å². The van der Waals surface area contributed by atoms with E-state index in [9.17, 15) is 9.59 Å². The molecule has 1 fully saturated rings. The average Bonchev–Trinajstić information content (AvgIpc) is 3.18. The third-order valence-electron chi connectivity index (χ3n) is 4.87. The molecule has 27 heavy (non-hydrogen) atoms. The highest BCUT2D eigenvalue weighted by molar-refractivity contribution is 6.39. The van der Waals surface area contributed by atoms with Crippen LogP contribution in [-0.2, 0) is 16.1 Å². The lowest BCUT2D eigenvalue weighted by molar-refractivity contribution is -0.136. The van der Waals surface area contributed by atoms with Crippen LogP contribution in [0.5, 0.6) is 0 Å². The van der Waals surface area contributed by atoms with Gasteiger partial charge in [0.15, 0.2) is 5.82 Å². The smallest absolute Gasteiger partial charge is 0.314 e. The lowest BCUT2D eigenvalue weighted by Gasteiger charge is -2.31. The molecular weight excluding hydrogens is 348 g/mol. The highest BCUT2D eigenvalue weighted by Crippen LogP contribution is 2.21. The number of rotatable bonds is 5. The molecule has 0 spiro atoms. The second-order valence-corrected chi connectivity index (χ2v) is 7.14. The molecule has 2 N–H and O–H groups in total. The first-order valence-electron chi connectivity index (χ1n) is 9.21. The first-order chi connectivity index (χ1) is 12.9. The van der Waals surface area contributed by atoms with Gasteiger partial charge >= 0.3 is 11.8 Å².